The first-order valence-corrected chi connectivity index (χ1v) is 12.1. The van der Waals surface area contributed by atoms with Gasteiger partial charge in [-0.05, 0) is 60.4 Å². The number of aromatic nitrogens is 1. The number of benzene rings is 2. The van der Waals surface area contributed by atoms with Crippen LogP contribution in [0.4, 0.5) is 10.2 Å². The molecule has 1 atom stereocenters. The van der Waals surface area contributed by atoms with Crippen LogP contribution in [0, 0.1) is 12.7 Å². The van der Waals surface area contributed by atoms with Crippen LogP contribution in [0.5, 0.6) is 5.75 Å². The summed E-state index contributed by atoms with van der Waals surface area (Å²) in [6.07, 6.45) is 2.34. The van der Waals surface area contributed by atoms with E-state index in [9.17, 15) is 23.9 Å². The van der Waals surface area contributed by atoms with E-state index in [2.05, 4.69) is 20.9 Å². The largest absolute Gasteiger partial charge is 0.507 e. The van der Waals surface area contributed by atoms with E-state index in [1.807, 2.05) is 19.1 Å². The van der Waals surface area contributed by atoms with Crippen LogP contribution in [-0.2, 0) is 19.1 Å². The fourth-order valence-electron chi connectivity index (χ4n) is 3.78. The number of hydrogen-bond acceptors (Lipinski definition) is 7. The summed E-state index contributed by atoms with van der Waals surface area (Å²) in [6, 6.07) is 13.6. The van der Waals surface area contributed by atoms with Crippen molar-refractivity contribution in [3.63, 3.8) is 0 Å². The van der Waals surface area contributed by atoms with Crippen molar-refractivity contribution in [2.45, 2.75) is 32.2 Å². The lowest BCUT2D eigenvalue weighted by atomic mass is 9.97. The zero-order valence-corrected chi connectivity index (χ0v) is 21.3. The number of hydrogen-bond donors (Lipinski definition) is 4. The van der Waals surface area contributed by atoms with Gasteiger partial charge in [0.1, 0.15) is 17.4 Å². The van der Waals surface area contributed by atoms with Crippen molar-refractivity contribution in [3.8, 4) is 16.9 Å². The molecule has 3 rings (SSSR count). The Balaban J connectivity index is 1.56. The van der Waals surface area contributed by atoms with Crippen molar-refractivity contribution >= 4 is 23.6 Å². The average Bonchev–Trinajstić information content (AvgIpc) is 2.89. The quantitative estimate of drug-likeness (QED) is 0.211. The normalized spacial score (nSPS) is 11.3. The summed E-state index contributed by atoms with van der Waals surface area (Å²) in [5, 5.41) is 18.6. The number of aromatic hydroxyl groups is 1. The highest BCUT2D eigenvalue weighted by Crippen LogP contribution is 2.31. The molecule has 38 heavy (non-hydrogen) atoms. The number of aryl methyl sites for hydroxylation is 1. The number of ether oxygens (including phenoxy) is 1. The number of carbonyl (C=O) groups is 3. The molecule has 2 amide bonds. The highest BCUT2D eigenvalue weighted by Gasteiger charge is 2.20. The van der Waals surface area contributed by atoms with E-state index >= 15 is 0 Å². The van der Waals surface area contributed by atoms with Gasteiger partial charge in [-0.25, -0.2) is 9.37 Å². The topological polar surface area (TPSA) is 130 Å². The predicted octanol–water partition coefficient (Wildman–Crippen LogP) is 3.63. The molecule has 4 N–H and O–H groups in total. The zero-order chi connectivity index (χ0) is 27.5. The Morgan fingerprint density at radius 1 is 1.08 bits per heavy atom. The van der Waals surface area contributed by atoms with Crippen molar-refractivity contribution in [1.82, 2.24) is 15.6 Å². The molecule has 0 aliphatic heterocycles. The number of esters is 1. The van der Waals surface area contributed by atoms with Crippen LogP contribution in [0.1, 0.15) is 36.4 Å². The molecule has 0 bridgehead atoms. The molecular formula is C28H31FN4O5. The first-order valence-electron chi connectivity index (χ1n) is 12.1. The van der Waals surface area contributed by atoms with Gasteiger partial charge < -0.3 is 25.8 Å². The molecule has 0 aliphatic carbocycles. The lowest BCUT2D eigenvalue weighted by molar-refractivity contribution is -0.141. The van der Waals surface area contributed by atoms with Crippen molar-refractivity contribution in [2.75, 3.05) is 25.5 Å². The first kappa shape index (κ1) is 28.1. The van der Waals surface area contributed by atoms with Gasteiger partial charge in [0.15, 0.2) is 0 Å². The Kier molecular flexibility index (Phi) is 10.2. The number of rotatable bonds is 12. The number of halogens is 1. The summed E-state index contributed by atoms with van der Waals surface area (Å²) in [7, 11) is 1.25. The number of pyridine rings is 1. The second-order valence-electron chi connectivity index (χ2n) is 8.71. The molecule has 1 aromatic heterocycles. The Hall–Kier alpha value is -4.47. The molecule has 3 aromatic rings. The molecule has 0 fully saturated rings. The number of phenolic OH excluding ortho intramolecular Hbond substituents is 1. The van der Waals surface area contributed by atoms with E-state index in [0.29, 0.717) is 29.7 Å². The summed E-state index contributed by atoms with van der Waals surface area (Å²) in [5.41, 5.74) is 2.63. The number of amides is 2. The van der Waals surface area contributed by atoms with Crippen LogP contribution >= 0.6 is 0 Å². The number of anilines is 1. The second kappa shape index (κ2) is 13.7. The van der Waals surface area contributed by atoms with Gasteiger partial charge in [0.25, 0.3) is 0 Å². The minimum Gasteiger partial charge on any atom is -0.507 e. The third-order valence-electron chi connectivity index (χ3n) is 5.74. The van der Waals surface area contributed by atoms with E-state index in [1.54, 1.807) is 30.5 Å². The van der Waals surface area contributed by atoms with Gasteiger partial charge in [-0.3, -0.25) is 14.4 Å². The van der Waals surface area contributed by atoms with Crippen LogP contribution in [0.15, 0.2) is 60.8 Å². The molecular weight excluding hydrogens is 491 g/mol. The van der Waals surface area contributed by atoms with Gasteiger partial charge in [0.05, 0.1) is 26.1 Å². The monoisotopic (exact) mass is 522 g/mol. The van der Waals surface area contributed by atoms with E-state index in [4.69, 9.17) is 4.74 Å². The molecule has 1 heterocycles. The minimum absolute atomic E-state index is 0.145. The van der Waals surface area contributed by atoms with E-state index < -0.39 is 23.7 Å². The Morgan fingerprint density at radius 3 is 2.63 bits per heavy atom. The minimum atomic E-state index is -0.750. The van der Waals surface area contributed by atoms with Crippen LogP contribution in [0.2, 0.25) is 0 Å². The van der Waals surface area contributed by atoms with Gasteiger partial charge in [0.2, 0.25) is 11.8 Å². The lowest BCUT2D eigenvalue weighted by Gasteiger charge is -2.19. The summed E-state index contributed by atoms with van der Waals surface area (Å²) in [6.45, 7) is 2.26. The molecule has 10 heteroatoms. The SMILES string of the molecule is COC(=O)CC(NC(=O)CNC(=O)CCCNc1cc(C)ccn1)c1cccc(-c2ccc(F)cc2O)c1. The van der Waals surface area contributed by atoms with E-state index in [-0.39, 0.29) is 31.0 Å². The van der Waals surface area contributed by atoms with Crippen LogP contribution in [0.3, 0.4) is 0 Å². The highest BCUT2D eigenvalue weighted by atomic mass is 19.1. The fraction of sp³-hybridized carbons (Fsp3) is 0.286. The third kappa shape index (κ3) is 8.58. The average molecular weight is 523 g/mol. The third-order valence-corrected chi connectivity index (χ3v) is 5.74. The maximum atomic E-state index is 13.4. The smallest absolute Gasteiger partial charge is 0.307 e. The number of phenols is 1. The van der Waals surface area contributed by atoms with Crippen molar-refractivity contribution < 1.29 is 28.6 Å². The zero-order valence-electron chi connectivity index (χ0n) is 21.3. The van der Waals surface area contributed by atoms with Crippen molar-refractivity contribution in [1.29, 1.82) is 0 Å². The summed E-state index contributed by atoms with van der Waals surface area (Å²) < 4.78 is 18.2. The van der Waals surface area contributed by atoms with Crippen molar-refractivity contribution in [2.24, 2.45) is 0 Å². The van der Waals surface area contributed by atoms with Gasteiger partial charge in [0, 0.05) is 30.8 Å². The molecule has 2 aromatic carbocycles. The molecule has 9 nitrogen and oxygen atoms in total. The maximum absolute atomic E-state index is 13.4. The predicted molar refractivity (Wildman–Crippen MR) is 141 cm³/mol. The standard InChI is InChI=1S/C28H31FN4O5/c1-18-10-12-31-25(13-18)30-11-4-7-26(35)32-17-27(36)33-23(16-28(37)38-2)20-6-3-5-19(14-20)22-9-8-21(29)15-24(22)34/h3,5-6,8-10,12-15,23,34H,4,7,11,16-17H2,1-2H3,(H,30,31)(H,32,35)(H,33,36). The summed E-state index contributed by atoms with van der Waals surface area (Å²) in [4.78, 5) is 41.0. The number of nitrogens with one attached hydrogen (secondary N) is 3. The van der Waals surface area contributed by atoms with Gasteiger partial charge in [-0.15, -0.1) is 0 Å². The molecule has 0 spiro atoms. The molecule has 200 valence electrons. The second-order valence-corrected chi connectivity index (χ2v) is 8.71. The van der Waals surface area contributed by atoms with Crippen molar-refractivity contribution in [3.05, 3.63) is 77.7 Å². The summed E-state index contributed by atoms with van der Waals surface area (Å²) >= 11 is 0. The van der Waals surface area contributed by atoms with E-state index in [1.165, 1.54) is 19.2 Å². The Bertz CT molecular complexity index is 1280. The molecule has 1 unspecified atom stereocenters. The van der Waals surface area contributed by atoms with Gasteiger partial charge in [-0.1, -0.05) is 18.2 Å². The first-order chi connectivity index (χ1) is 18.2. The van der Waals surface area contributed by atoms with Crippen LogP contribution < -0.4 is 16.0 Å². The Morgan fingerprint density at radius 2 is 1.89 bits per heavy atom. The molecule has 0 aliphatic rings. The van der Waals surface area contributed by atoms with Gasteiger partial charge in [-0.2, -0.15) is 0 Å². The van der Waals surface area contributed by atoms with E-state index in [0.717, 1.165) is 17.4 Å². The maximum Gasteiger partial charge on any atom is 0.307 e. The molecule has 0 saturated heterocycles. The van der Waals surface area contributed by atoms with Gasteiger partial charge >= 0.3 is 5.97 Å². The molecule has 0 saturated carbocycles. The van der Waals surface area contributed by atoms with Crippen LogP contribution in [-0.4, -0.2) is 48.1 Å². The number of carbonyl (C=O) groups excluding carboxylic acids is 3. The summed E-state index contributed by atoms with van der Waals surface area (Å²) in [5.74, 6) is -1.37. The van der Waals surface area contributed by atoms with Crippen LogP contribution in [0.25, 0.3) is 11.1 Å². The number of nitrogens with zero attached hydrogens (tertiary/aromatic N) is 1. The number of methoxy groups -OCH3 is 1. The fourth-order valence-corrected chi connectivity index (χ4v) is 3.78. The highest BCUT2D eigenvalue weighted by molar-refractivity contribution is 5.85. The molecule has 0 radical (unpaired) electrons. The Labute approximate surface area is 220 Å². The lowest BCUT2D eigenvalue weighted by Crippen LogP contribution is -2.39.